The molecule has 0 saturated carbocycles. The largest absolute Gasteiger partial charge is 0.494 e. The maximum atomic E-state index is 13.2. The number of hydrogen-bond acceptors (Lipinski definition) is 4. The summed E-state index contributed by atoms with van der Waals surface area (Å²) < 4.78 is 22.7. The Hall–Kier alpha value is -2.11. The Balaban J connectivity index is 2.75. The fourth-order valence-corrected chi connectivity index (χ4v) is 1.41. The van der Waals surface area contributed by atoms with E-state index >= 15 is 0 Å². The lowest BCUT2D eigenvalue weighted by molar-refractivity contribution is -0.144. The third-order valence-electron chi connectivity index (χ3n) is 2.40. The lowest BCUT2D eigenvalue weighted by atomic mass is 10.2. The molecule has 0 spiro atoms. The number of rotatable bonds is 5. The molecule has 0 aliphatic heterocycles. The Morgan fingerprint density at radius 2 is 2.11 bits per heavy atom. The van der Waals surface area contributed by atoms with Crippen LogP contribution in [0.15, 0.2) is 18.2 Å². The maximum absolute atomic E-state index is 13.2. The van der Waals surface area contributed by atoms with Gasteiger partial charge in [-0.15, -0.1) is 0 Å². The van der Waals surface area contributed by atoms with Crippen LogP contribution in [-0.4, -0.2) is 31.6 Å². The highest BCUT2D eigenvalue weighted by Crippen LogP contribution is 2.18. The molecule has 0 fully saturated rings. The zero-order chi connectivity index (χ0) is 14.4. The van der Waals surface area contributed by atoms with Gasteiger partial charge < -0.3 is 14.8 Å². The van der Waals surface area contributed by atoms with Gasteiger partial charge in [0.05, 0.1) is 13.7 Å². The molecular formula is C13H16FNO4. The minimum atomic E-state index is -0.775. The molecular weight excluding hydrogens is 253 g/mol. The minimum Gasteiger partial charge on any atom is -0.494 e. The lowest BCUT2D eigenvalue weighted by Gasteiger charge is -2.13. The van der Waals surface area contributed by atoms with Gasteiger partial charge in [-0.05, 0) is 32.0 Å². The van der Waals surface area contributed by atoms with Crippen molar-refractivity contribution in [3.8, 4) is 5.75 Å². The monoisotopic (exact) mass is 269 g/mol. The molecule has 1 rings (SSSR count). The molecule has 0 saturated heterocycles. The highest BCUT2D eigenvalue weighted by Gasteiger charge is 2.18. The van der Waals surface area contributed by atoms with Crippen LogP contribution in [0.25, 0.3) is 0 Å². The van der Waals surface area contributed by atoms with E-state index in [-0.39, 0.29) is 17.9 Å². The van der Waals surface area contributed by atoms with Crippen LogP contribution in [0.3, 0.4) is 0 Å². The second kappa shape index (κ2) is 6.72. The van der Waals surface area contributed by atoms with Gasteiger partial charge in [-0.1, -0.05) is 0 Å². The molecule has 19 heavy (non-hydrogen) atoms. The molecule has 104 valence electrons. The number of esters is 1. The van der Waals surface area contributed by atoms with Gasteiger partial charge in [-0.25, -0.2) is 9.18 Å². The quantitative estimate of drug-likeness (QED) is 0.823. The van der Waals surface area contributed by atoms with Crippen molar-refractivity contribution >= 4 is 11.9 Å². The fraction of sp³-hybridized carbons (Fsp3) is 0.385. The summed E-state index contributed by atoms with van der Waals surface area (Å²) in [7, 11) is 1.31. The molecule has 0 heterocycles. The van der Waals surface area contributed by atoms with Crippen molar-refractivity contribution in [1.82, 2.24) is 5.32 Å². The summed E-state index contributed by atoms with van der Waals surface area (Å²) in [4.78, 5) is 23.2. The standard InChI is InChI=1S/C13H16FNO4/c1-4-19-13(17)8(2)15-12(16)9-5-6-10(14)11(7-9)18-3/h5-8H,4H2,1-3H3,(H,15,16). The van der Waals surface area contributed by atoms with Crippen molar-refractivity contribution in [2.24, 2.45) is 0 Å². The van der Waals surface area contributed by atoms with Crippen LogP contribution < -0.4 is 10.1 Å². The molecule has 0 aliphatic carbocycles. The van der Waals surface area contributed by atoms with E-state index in [4.69, 9.17) is 9.47 Å². The predicted octanol–water partition coefficient (Wildman–Crippen LogP) is 1.52. The molecule has 5 nitrogen and oxygen atoms in total. The molecule has 6 heteroatoms. The van der Waals surface area contributed by atoms with Gasteiger partial charge in [0.15, 0.2) is 11.6 Å². The van der Waals surface area contributed by atoms with E-state index in [9.17, 15) is 14.0 Å². The first-order valence-corrected chi connectivity index (χ1v) is 5.80. The van der Waals surface area contributed by atoms with E-state index in [2.05, 4.69) is 5.32 Å². The summed E-state index contributed by atoms with van der Waals surface area (Å²) >= 11 is 0. The van der Waals surface area contributed by atoms with Gasteiger partial charge in [0.25, 0.3) is 5.91 Å². The number of ether oxygens (including phenoxy) is 2. The summed E-state index contributed by atoms with van der Waals surface area (Å²) in [5, 5.41) is 2.46. The highest BCUT2D eigenvalue weighted by molar-refractivity contribution is 5.97. The zero-order valence-corrected chi connectivity index (χ0v) is 11.0. The van der Waals surface area contributed by atoms with Crippen LogP contribution in [-0.2, 0) is 9.53 Å². The van der Waals surface area contributed by atoms with Crippen molar-refractivity contribution in [2.45, 2.75) is 19.9 Å². The number of amides is 1. The van der Waals surface area contributed by atoms with E-state index in [0.29, 0.717) is 0 Å². The van der Waals surface area contributed by atoms with Crippen LogP contribution in [0.1, 0.15) is 24.2 Å². The molecule has 1 aromatic rings. The number of nitrogens with one attached hydrogen (secondary N) is 1. The summed E-state index contributed by atoms with van der Waals surface area (Å²) in [6.45, 7) is 3.43. The van der Waals surface area contributed by atoms with Crippen LogP contribution in [0.4, 0.5) is 4.39 Å². The number of carbonyl (C=O) groups excluding carboxylic acids is 2. The second-order valence-electron chi connectivity index (χ2n) is 3.80. The Labute approximate surface area is 110 Å². The third kappa shape index (κ3) is 3.94. The third-order valence-corrected chi connectivity index (χ3v) is 2.40. The van der Waals surface area contributed by atoms with Gasteiger partial charge in [-0.2, -0.15) is 0 Å². The van der Waals surface area contributed by atoms with Crippen molar-refractivity contribution in [2.75, 3.05) is 13.7 Å². The first-order chi connectivity index (χ1) is 8.99. The maximum Gasteiger partial charge on any atom is 0.328 e. The van der Waals surface area contributed by atoms with Crippen molar-refractivity contribution in [1.29, 1.82) is 0 Å². The van der Waals surface area contributed by atoms with Gasteiger partial charge in [-0.3, -0.25) is 4.79 Å². The van der Waals surface area contributed by atoms with Crippen molar-refractivity contribution in [3.05, 3.63) is 29.6 Å². The van der Waals surface area contributed by atoms with E-state index < -0.39 is 23.7 Å². The zero-order valence-electron chi connectivity index (χ0n) is 11.0. The van der Waals surface area contributed by atoms with Crippen LogP contribution in [0, 0.1) is 5.82 Å². The number of hydrogen-bond donors (Lipinski definition) is 1. The van der Waals surface area contributed by atoms with E-state index in [0.717, 1.165) is 6.07 Å². The van der Waals surface area contributed by atoms with Crippen molar-refractivity contribution in [3.63, 3.8) is 0 Å². The molecule has 1 unspecified atom stereocenters. The Bertz CT molecular complexity index is 476. The molecule has 0 bridgehead atoms. The number of carbonyl (C=O) groups is 2. The molecule has 0 radical (unpaired) electrons. The molecule has 1 aromatic carbocycles. The summed E-state index contributed by atoms with van der Waals surface area (Å²) in [6, 6.07) is 2.93. The van der Waals surface area contributed by atoms with E-state index in [1.165, 1.54) is 26.2 Å². The normalized spacial score (nSPS) is 11.6. The summed E-state index contributed by atoms with van der Waals surface area (Å²) in [5.41, 5.74) is 0.203. The fourth-order valence-electron chi connectivity index (χ4n) is 1.41. The molecule has 0 aliphatic rings. The van der Waals surface area contributed by atoms with E-state index in [1.54, 1.807) is 6.92 Å². The molecule has 0 aromatic heterocycles. The smallest absolute Gasteiger partial charge is 0.328 e. The number of benzene rings is 1. The van der Waals surface area contributed by atoms with E-state index in [1.807, 2.05) is 0 Å². The Morgan fingerprint density at radius 1 is 1.42 bits per heavy atom. The molecule has 1 N–H and O–H groups in total. The van der Waals surface area contributed by atoms with Crippen LogP contribution in [0.2, 0.25) is 0 Å². The Morgan fingerprint density at radius 3 is 2.68 bits per heavy atom. The number of methoxy groups -OCH3 is 1. The van der Waals surface area contributed by atoms with Gasteiger partial charge in [0.1, 0.15) is 6.04 Å². The lowest BCUT2D eigenvalue weighted by Crippen LogP contribution is -2.39. The molecule has 1 atom stereocenters. The van der Waals surface area contributed by atoms with Gasteiger partial charge in [0, 0.05) is 5.56 Å². The van der Waals surface area contributed by atoms with Crippen LogP contribution in [0.5, 0.6) is 5.75 Å². The SMILES string of the molecule is CCOC(=O)C(C)NC(=O)c1ccc(F)c(OC)c1. The summed E-state index contributed by atoms with van der Waals surface area (Å²) in [5.74, 6) is -1.61. The predicted molar refractivity (Wildman–Crippen MR) is 66.5 cm³/mol. The summed E-state index contributed by atoms with van der Waals surface area (Å²) in [6.07, 6.45) is 0. The average molecular weight is 269 g/mol. The molecule has 1 amide bonds. The van der Waals surface area contributed by atoms with Gasteiger partial charge >= 0.3 is 5.97 Å². The van der Waals surface area contributed by atoms with Crippen molar-refractivity contribution < 1.29 is 23.5 Å². The first kappa shape index (κ1) is 14.9. The number of halogens is 1. The average Bonchev–Trinajstić information content (AvgIpc) is 2.39. The second-order valence-corrected chi connectivity index (χ2v) is 3.80. The Kier molecular flexibility index (Phi) is 5.29. The van der Waals surface area contributed by atoms with Crippen LogP contribution >= 0.6 is 0 Å². The highest BCUT2D eigenvalue weighted by atomic mass is 19.1. The van der Waals surface area contributed by atoms with Gasteiger partial charge in [0.2, 0.25) is 0 Å². The minimum absolute atomic E-state index is 0.0311. The topological polar surface area (TPSA) is 64.6 Å². The first-order valence-electron chi connectivity index (χ1n) is 5.80.